The zero-order valence-corrected chi connectivity index (χ0v) is 13.7. The number of nitrogens with zero attached hydrogens (tertiary/aromatic N) is 1. The number of carbonyl (C=O) groups is 1. The van der Waals surface area contributed by atoms with E-state index in [2.05, 4.69) is 24.1 Å². The van der Waals surface area contributed by atoms with Crippen molar-refractivity contribution in [2.75, 3.05) is 31.9 Å². The summed E-state index contributed by atoms with van der Waals surface area (Å²) in [6.07, 6.45) is 3.07. The Kier molecular flexibility index (Phi) is 7.55. The van der Waals surface area contributed by atoms with E-state index >= 15 is 0 Å². The van der Waals surface area contributed by atoms with Crippen molar-refractivity contribution in [2.45, 2.75) is 38.4 Å². The minimum atomic E-state index is 0. The number of nitrogens with one attached hydrogen (secondary N) is 1. The molecule has 19 heavy (non-hydrogen) atoms. The van der Waals surface area contributed by atoms with Gasteiger partial charge in [0.1, 0.15) is 0 Å². The van der Waals surface area contributed by atoms with E-state index in [9.17, 15) is 4.79 Å². The first-order valence-electron chi connectivity index (χ1n) is 7.27. The highest BCUT2D eigenvalue weighted by molar-refractivity contribution is 8.00. The van der Waals surface area contributed by atoms with Crippen LogP contribution in [0.2, 0.25) is 0 Å². The van der Waals surface area contributed by atoms with Gasteiger partial charge in [0.25, 0.3) is 0 Å². The first kappa shape index (κ1) is 17.1. The van der Waals surface area contributed by atoms with Gasteiger partial charge < -0.3 is 10.2 Å². The molecule has 0 aliphatic carbocycles. The van der Waals surface area contributed by atoms with Crippen LogP contribution < -0.4 is 5.32 Å². The predicted molar refractivity (Wildman–Crippen MR) is 85.1 cm³/mol. The van der Waals surface area contributed by atoms with Crippen molar-refractivity contribution >= 4 is 30.1 Å². The molecule has 0 spiro atoms. The number of rotatable bonds is 4. The Hall–Kier alpha value is 0.0700. The molecular weight excluding hydrogens is 280 g/mol. The van der Waals surface area contributed by atoms with Crippen molar-refractivity contribution in [3.63, 3.8) is 0 Å². The van der Waals surface area contributed by atoms with Crippen LogP contribution in [0.25, 0.3) is 0 Å². The Morgan fingerprint density at radius 3 is 2.89 bits per heavy atom. The van der Waals surface area contributed by atoms with E-state index in [1.165, 1.54) is 6.42 Å². The highest BCUT2D eigenvalue weighted by Crippen LogP contribution is 2.25. The molecule has 2 fully saturated rings. The summed E-state index contributed by atoms with van der Waals surface area (Å²) in [7, 11) is 0. The Bertz CT molecular complexity index is 283. The van der Waals surface area contributed by atoms with Gasteiger partial charge in [0.2, 0.25) is 5.91 Å². The molecule has 2 aliphatic heterocycles. The molecule has 3 nitrogen and oxygen atoms in total. The largest absolute Gasteiger partial charge is 0.341 e. The number of thioether (sulfide) groups is 1. The standard InChI is InChI=1S/C14H26N2OS.ClH/c1-11(2)13-10-16(7-8-18-13)14(17)4-3-12-5-6-15-9-12;/h11-13,15H,3-10H2,1-2H3;1H. The van der Waals surface area contributed by atoms with E-state index < -0.39 is 0 Å². The molecule has 2 unspecified atom stereocenters. The van der Waals surface area contributed by atoms with Crippen LogP contribution in [0.15, 0.2) is 0 Å². The smallest absolute Gasteiger partial charge is 0.222 e. The maximum absolute atomic E-state index is 12.2. The third-order valence-corrected chi connectivity index (χ3v) is 5.66. The minimum Gasteiger partial charge on any atom is -0.341 e. The molecule has 2 saturated heterocycles. The molecule has 2 heterocycles. The van der Waals surface area contributed by atoms with Gasteiger partial charge in [-0.2, -0.15) is 11.8 Å². The Morgan fingerprint density at radius 1 is 1.47 bits per heavy atom. The fraction of sp³-hybridized carbons (Fsp3) is 0.929. The second-order valence-corrected chi connectivity index (χ2v) is 7.24. The first-order chi connectivity index (χ1) is 8.66. The third-order valence-electron chi connectivity index (χ3n) is 4.12. The van der Waals surface area contributed by atoms with E-state index in [1.54, 1.807) is 0 Å². The molecule has 0 bridgehead atoms. The van der Waals surface area contributed by atoms with Crippen molar-refractivity contribution in [3.05, 3.63) is 0 Å². The summed E-state index contributed by atoms with van der Waals surface area (Å²) >= 11 is 2.03. The summed E-state index contributed by atoms with van der Waals surface area (Å²) < 4.78 is 0. The lowest BCUT2D eigenvalue weighted by molar-refractivity contribution is -0.131. The summed E-state index contributed by atoms with van der Waals surface area (Å²) in [6, 6.07) is 0. The van der Waals surface area contributed by atoms with Gasteiger partial charge in [-0.25, -0.2) is 0 Å². The molecule has 2 rings (SSSR count). The van der Waals surface area contributed by atoms with Crippen LogP contribution >= 0.6 is 24.2 Å². The Labute approximate surface area is 127 Å². The molecule has 1 amide bonds. The summed E-state index contributed by atoms with van der Waals surface area (Å²) in [5, 5.41) is 4.00. The van der Waals surface area contributed by atoms with Crippen LogP contribution in [-0.4, -0.2) is 48.0 Å². The van der Waals surface area contributed by atoms with Gasteiger partial charge in [-0.3, -0.25) is 4.79 Å². The quantitative estimate of drug-likeness (QED) is 0.865. The SMILES string of the molecule is CC(C)C1CN(C(=O)CCC2CCNC2)CCS1.Cl. The molecule has 2 atom stereocenters. The van der Waals surface area contributed by atoms with E-state index in [0.29, 0.717) is 17.1 Å². The lowest BCUT2D eigenvalue weighted by atomic mass is 10.0. The van der Waals surface area contributed by atoms with Gasteiger partial charge in [-0.05, 0) is 37.8 Å². The second-order valence-electron chi connectivity index (χ2n) is 5.89. The molecule has 1 N–H and O–H groups in total. The first-order valence-corrected chi connectivity index (χ1v) is 8.32. The maximum atomic E-state index is 12.2. The Balaban J connectivity index is 0.00000180. The van der Waals surface area contributed by atoms with E-state index in [-0.39, 0.29) is 12.4 Å². The molecule has 0 saturated carbocycles. The molecule has 112 valence electrons. The number of hydrogen-bond donors (Lipinski definition) is 1. The highest BCUT2D eigenvalue weighted by atomic mass is 35.5. The summed E-state index contributed by atoms with van der Waals surface area (Å²) in [4.78, 5) is 14.3. The fourth-order valence-electron chi connectivity index (χ4n) is 2.75. The van der Waals surface area contributed by atoms with Crippen LogP contribution in [0.4, 0.5) is 0 Å². The van der Waals surface area contributed by atoms with Crippen LogP contribution in [0, 0.1) is 11.8 Å². The van der Waals surface area contributed by atoms with Gasteiger partial charge in [-0.15, -0.1) is 12.4 Å². The highest BCUT2D eigenvalue weighted by Gasteiger charge is 2.26. The van der Waals surface area contributed by atoms with Gasteiger partial charge in [0.05, 0.1) is 0 Å². The zero-order chi connectivity index (χ0) is 13.0. The van der Waals surface area contributed by atoms with Crippen molar-refractivity contribution in [1.29, 1.82) is 0 Å². The van der Waals surface area contributed by atoms with Crippen molar-refractivity contribution < 1.29 is 4.79 Å². The molecule has 0 aromatic carbocycles. The Morgan fingerprint density at radius 2 is 2.26 bits per heavy atom. The number of halogens is 1. The summed E-state index contributed by atoms with van der Waals surface area (Å²) in [6.45, 7) is 8.68. The van der Waals surface area contributed by atoms with Crippen molar-refractivity contribution in [2.24, 2.45) is 11.8 Å². The fourth-order valence-corrected chi connectivity index (χ4v) is 4.05. The van der Waals surface area contributed by atoms with Gasteiger partial charge in [-0.1, -0.05) is 13.8 Å². The molecule has 0 aromatic rings. The molecule has 0 radical (unpaired) electrons. The van der Waals surface area contributed by atoms with Gasteiger partial charge in [0.15, 0.2) is 0 Å². The van der Waals surface area contributed by atoms with Crippen LogP contribution in [-0.2, 0) is 4.79 Å². The zero-order valence-electron chi connectivity index (χ0n) is 12.1. The third kappa shape index (κ3) is 5.16. The lowest BCUT2D eigenvalue weighted by Gasteiger charge is -2.34. The molecular formula is C14H27ClN2OS. The van der Waals surface area contributed by atoms with Crippen molar-refractivity contribution in [3.8, 4) is 0 Å². The monoisotopic (exact) mass is 306 g/mol. The van der Waals surface area contributed by atoms with Crippen molar-refractivity contribution in [1.82, 2.24) is 10.2 Å². The number of carbonyl (C=O) groups excluding carboxylic acids is 1. The normalized spacial score (nSPS) is 27.4. The molecule has 5 heteroatoms. The maximum Gasteiger partial charge on any atom is 0.222 e. The summed E-state index contributed by atoms with van der Waals surface area (Å²) in [5.74, 6) is 2.89. The average molecular weight is 307 g/mol. The average Bonchev–Trinajstić information content (AvgIpc) is 2.89. The van der Waals surface area contributed by atoms with Crippen LogP contribution in [0.1, 0.15) is 33.1 Å². The van der Waals surface area contributed by atoms with E-state index in [0.717, 1.165) is 50.7 Å². The predicted octanol–water partition coefficient (Wildman–Crippen LogP) is 2.40. The van der Waals surface area contributed by atoms with E-state index in [1.807, 2.05) is 11.8 Å². The molecule has 0 aromatic heterocycles. The minimum absolute atomic E-state index is 0. The van der Waals surface area contributed by atoms with Crippen LogP contribution in [0.5, 0.6) is 0 Å². The summed E-state index contributed by atoms with van der Waals surface area (Å²) in [5.41, 5.74) is 0. The number of amides is 1. The van der Waals surface area contributed by atoms with E-state index in [4.69, 9.17) is 0 Å². The van der Waals surface area contributed by atoms with Gasteiger partial charge in [0, 0.05) is 30.5 Å². The van der Waals surface area contributed by atoms with Gasteiger partial charge >= 0.3 is 0 Å². The topological polar surface area (TPSA) is 32.3 Å². The lowest BCUT2D eigenvalue weighted by Crippen LogP contribution is -2.43. The number of hydrogen-bond acceptors (Lipinski definition) is 3. The molecule has 2 aliphatic rings. The second kappa shape index (κ2) is 8.38. The van der Waals surface area contributed by atoms with Crippen LogP contribution in [0.3, 0.4) is 0 Å².